The lowest BCUT2D eigenvalue weighted by molar-refractivity contribution is -0.384. The maximum atomic E-state index is 15.1. The Kier molecular flexibility index (Phi) is 6.28. The van der Waals surface area contributed by atoms with E-state index in [1.54, 1.807) is 0 Å². The molecule has 0 saturated carbocycles. The van der Waals surface area contributed by atoms with Crippen molar-refractivity contribution in [3.63, 3.8) is 0 Å². The molecule has 2 fully saturated rings. The van der Waals surface area contributed by atoms with Crippen molar-refractivity contribution in [2.24, 2.45) is 0 Å². The quantitative estimate of drug-likeness (QED) is 0.510. The highest BCUT2D eigenvalue weighted by molar-refractivity contribution is 5.74. The van der Waals surface area contributed by atoms with Crippen LogP contribution in [-0.4, -0.2) is 78.8 Å². The van der Waals surface area contributed by atoms with E-state index in [4.69, 9.17) is 4.74 Å². The van der Waals surface area contributed by atoms with Gasteiger partial charge in [-0.3, -0.25) is 10.1 Å². The van der Waals surface area contributed by atoms with Gasteiger partial charge in [-0.25, -0.2) is 14.4 Å². The second kappa shape index (κ2) is 9.11. The summed E-state index contributed by atoms with van der Waals surface area (Å²) >= 11 is 0. The minimum atomic E-state index is -0.518. The summed E-state index contributed by atoms with van der Waals surface area (Å²) in [6, 6.07) is 2.88. The van der Waals surface area contributed by atoms with Crippen molar-refractivity contribution in [1.82, 2.24) is 14.9 Å². The third-order valence-electron chi connectivity index (χ3n) is 6.13. The van der Waals surface area contributed by atoms with Crippen LogP contribution in [0.5, 0.6) is 0 Å². The molecule has 0 amide bonds. The highest BCUT2D eigenvalue weighted by Crippen LogP contribution is 2.37. The van der Waals surface area contributed by atoms with E-state index in [1.807, 2.05) is 16.8 Å². The molecule has 2 saturated heterocycles. The van der Waals surface area contributed by atoms with Gasteiger partial charge in [0.1, 0.15) is 11.5 Å². The van der Waals surface area contributed by atoms with Crippen LogP contribution in [0.3, 0.4) is 0 Å². The minimum Gasteiger partial charge on any atom is -0.378 e. The molecule has 0 radical (unpaired) electrons. The molecule has 1 aromatic carbocycles. The molecule has 0 unspecified atom stereocenters. The molecule has 0 bridgehead atoms. The minimum absolute atomic E-state index is 0.103. The largest absolute Gasteiger partial charge is 0.378 e. The van der Waals surface area contributed by atoms with Gasteiger partial charge in [0, 0.05) is 67.9 Å². The topological polar surface area (TPSA) is 87.9 Å². The van der Waals surface area contributed by atoms with Crippen LogP contribution in [0.1, 0.15) is 13.3 Å². The molecular formula is C21H27FN6O3. The maximum Gasteiger partial charge on any atom is 0.293 e. The Labute approximate surface area is 180 Å². The van der Waals surface area contributed by atoms with Crippen molar-refractivity contribution in [3.8, 4) is 11.1 Å². The summed E-state index contributed by atoms with van der Waals surface area (Å²) in [5.41, 5.74) is 0.761. The number of nitro groups is 1. The van der Waals surface area contributed by atoms with Gasteiger partial charge in [-0.1, -0.05) is 6.92 Å². The summed E-state index contributed by atoms with van der Waals surface area (Å²) in [7, 11) is 2.03. The van der Waals surface area contributed by atoms with Crippen molar-refractivity contribution < 1.29 is 14.1 Å². The number of nitrogens with zero attached hydrogens (tertiary/aromatic N) is 6. The zero-order valence-electron chi connectivity index (χ0n) is 17.8. The third-order valence-corrected chi connectivity index (χ3v) is 6.13. The number of rotatable bonds is 6. The highest BCUT2D eigenvalue weighted by Gasteiger charge is 2.31. The number of halogens is 1. The van der Waals surface area contributed by atoms with E-state index in [-0.39, 0.29) is 11.3 Å². The van der Waals surface area contributed by atoms with E-state index in [9.17, 15) is 10.1 Å². The van der Waals surface area contributed by atoms with Gasteiger partial charge in [0.25, 0.3) is 5.69 Å². The first kappa shape index (κ1) is 21.4. The third kappa shape index (κ3) is 4.45. The van der Waals surface area contributed by atoms with Crippen molar-refractivity contribution in [1.29, 1.82) is 0 Å². The van der Waals surface area contributed by atoms with E-state index in [0.717, 1.165) is 13.0 Å². The lowest BCUT2D eigenvalue weighted by atomic mass is 10.1. The average Bonchev–Trinajstić information content (AvgIpc) is 3.29. The molecular weight excluding hydrogens is 403 g/mol. The number of ether oxygens (including phenoxy) is 1. The number of aromatic nitrogens is 2. The Morgan fingerprint density at radius 3 is 2.58 bits per heavy atom. The van der Waals surface area contributed by atoms with Gasteiger partial charge in [0.2, 0.25) is 5.95 Å². The van der Waals surface area contributed by atoms with Crippen LogP contribution < -0.4 is 9.80 Å². The Bertz CT molecular complexity index is 935. The zero-order valence-corrected chi connectivity index (χ0v) is 17.8. The Hall–Kier alpha value is -2.85. The summed E-state index contributed by atoms with van der Waals surface area (Å²) in [5, 5.41) is 11.8. The molecule has 2 aliphatic rings. The number of likely N-dealkylation sites (N-methyl/N-ethyl adjacent to an activating group) is 1. The number of nitro benzene ring substituents is 1. The monoisotopic (exact) mass is 430 g/mol. The van der Waals surface area contributed by atoms with Crippen molar-refractivity contribution in [3.05, 3.63) is 40.5 Å². The van der Waals surface area contributed by atoms with Gasteiger partial charge >= 0.3 is 0 Å². The molecule has 31 heavy (non-hydrogen) atoms. The molecule has 2 aliphatic heterocycles. The number of anilines is 2. The maximum absolute atomic E-state index is 15.1. The van der Waals surface area contributed by atoms with Crippen LogP contribution in [0.15, 0.2) is 24.5 Å². The average molecular weight is 430 g/mol. The Balaban J connectivity index is 1.61. The van der Waals surface area contributed by atoms with Gasteiger partial charge in [0.05, 0.1) is 18.1 Å². The number of hydrogen-bond donors (Lipinski definition) is 0. The first-order valence-corrected chi connectivity index (χ1v) is 10.6. The summed E-state index contributed by atoms with van der Waals surface area (Å²) in [6.07, 6.45) is 3.92. The summed E-state index contributed by atoms with van der Waals surface area (Å²) < 4.78 is 20.4. The van der Waals surface area contributed by atoms with Gasteiger partial charge in [-0.05, 0) is 20.0 Å². The van der Waals surface area contributed by atoms with Crippen molar-refractivity contribution >= 4 is 17.3 Å². The zero-order chi connectivity index (χ0) is 22.0. The molecule has 0 N–H and O–H groups in total. The van der Waals surface area contributed by atoms with Crippen LogP contribution >= 0.6 is 0 Å². The first-order valence-electron chi connectivity index (χ1n) is 10.6. The smallest absolute Gasteiger partial charge is 0.293 e. The number of hydrogen-bond acceptors (Lipinski definition) is 8. The fourth-order valence-corrected chi connectivity index (χ4v) is 4.14. The van der Waals surface area contributed by atoms with Crippen LogP contribution in [0, 0.1) is 15.9 Å². The summed E-state index contributed by atoms with van der Waals surface area (Å²) in [6.45, 7) is 6.88. The van der Waals surface area contributed by atoms with Crippen LogP contribution in [0.25, 0.3) is 11.1 Å². The molecule has 3 heterocycles. The predicted octanol–water partition coefficient (Wildman–Crippen LogP) is 2.56. The van der Waals surface area contributed by atoms with Gasteiger partial charge < -0.3 is 19.4 Å². The molecule has 10 heteroatoms. The molecule has 0 aliphatic carbocycles. The SMILES string of the molecule is CCN(C)[C@@H]1CCN(c2cc(F)c(-c3cnc(N4CCOCC4)nc3)cc2[N+](=O)[O-])C1. The van der Waals surface area contributed by atoms with Gasteiger partial charge in [-0.15, -0.1) is 0 Å². The summed E-state index contributed by atoms with van der Waals surface area (Å²) in [4.78, 5) is 26.1. The fraction of sp³-hybridized carbons (Fsp3) is 0.524. The van der Waals surface area contributed by atoms with E-state index >= 15 is 4.39 Å². The first-order chi connectivity index (χ1) is 15.0. The molecule has 9 nitrogen and oxygen atoms in total. The highest BCUT2D eigenvalue weighted by atomic mass is 19.1. The summed E-state index contributed by atoms with van der Waals surface area (Å²) in [5.74, 6) is 0.0253. The second-order valence-corrected chi connectivity index (χ2v) is 7.91. The van der Waals surface area contributed by atoms with Crippen LogP contribution in [-0.2, 0) is 4.74 Å². The molecule has 1 aromatic heterocycles. The lowest BCUT2D eigenvalue weighted by Crippen LogP contribution is -2.37. The van der Waals surface area contributed by atoms with E-state index in [2.05, 4.69) is 21.8 Å². The van der Waals surface area contributed by atoms with Gasteiger partial charge in [0.15, 0.2) is 0 Å². The fourth-order valence-electron chi connectivity index (χ4n) is 4.14. The van der Waals surface area contributed by atoms with Gasteiger partial charge in [-0.2, -0.15) is 0 Å². The normalized spacial score (nSPS) is 19.3. The van der Waals surface area contributed by atoms with E-state index in [1.165, 1.54) is 24.5 Å². The predicted molar refractivity (Wildman–Crippen MR) is 116 cm³/mol. The van der Waals surface area contributed by atoms with E-state index < -0.39 is 10.7 Å². The van der Waals surface area contributed by atoms with Crippen molar-refractivity contribution in [2.45, 2.75) is 19.4 Å². The Morgan fingerprint density at radius 1 is 1.23 bits per heavy atom. The van der Waals surface area contributed by atoms with E-state index in [0.29, 0.717) is 62.6 Å². The number of benzene rings is 1. The lowest BCUT2D eigenvalue weighted by Gasteiger charge is -2.26. The van der Waals surface area contributed by atoms with Crippen LogP contribution in [0.2, 0.25) is 0 Å². The molecule has 2 aromatic rings. The van der Waals surface area contributed by atoms with Crippen LogP contribution in [0.4, 0.5) is 21.7 Å². The second-order valence-electron chi connectivity index (χ2n) is 7.91. The standard InChI is InChI=1S/C21H27FN6O3/c1-3-25(2)16-4-5-27(14-16)19-11-18(22)17(10-20(19)28(29)30)15-12-23-21(24-13-15)26-6-8-31-9-7-26/h10-13,16H,3-9,14H2,1-2H3/t16-/m1/s1. The molecule has 166 valence electrons. The molecule has 1 atom stereocenters. The number of morpholine rings is 1. The Morgan fingerprint density at radius 2 is 1.94 bits per heavy atom. The molecule has 4 rings (SSSR count). The molecule has 0 spiro atoms. The van der Waals surface area contributed by atoms with Crippen molar-refractivity contribution in [2.75, 3.05) is 62.8 Å².